The van der Waals surface area contributed by atoms with E-state index in [4.69, 9.17) is 21.1 Å². The molecule has 0 atom stereocenters. The van der Waals surface area contributed by atoms with E-state index in [0.717, 1.165) is 0 Å². The molecule has 0 saturated carbocycles. The van der Waals surface area contributed by atoms with Gasteiger partial charge in [-0.1, -0.05) is 35.9 Å². The molecule has 3 aromatic rings. The largest absolute Gasteiger partial charge is 0.494 e. The Kier molecular flexibility index (Phi) is 8.67. The van der Waals surface area contributed by atoms with Gasteiger partial charge in [-0.15, -0.1) is 0 Å². The number of ether oxygens (including phenoxy) is 2. The van der Waals surface area contributed by atoms with Crippen LogP contribution < -0.4 is 20.1 Å². The second-order valence-corrected chi connectivity index (χ2v) is 7.38. The summed E-state index contributed by atoms with van der Waals surface area (Å²) in [5.74, 6) is 0.107. The van der Waals surface area contributed by atoms with Gasteiger partial charge >= 0.3 is 0 Å². The van der Waals surface area contributed by atoms with E-state index >= 15 is 0 Å². The van der Waals surface area contributed by atoms with Gasteiger partial charge in [-0.05, 0) is 67.1 Å². The highest BCUT2D eigenvalue weighted by atomic mass is 35.5. The van der Waals surface area contributed by atoms with Crippen molar-refractivity contribution in [2.24, 2.45) is 0 Å². The number of rotatable bonds is 9. The van der Waals surface area contributed by atoms with Crippen LogP contribution >= 0.6 is 11.6 Å². The summed E-state index contributed by atoms with van der Waals surface area (Å²) in [5.41, 5.74) is 1.63. The SMILES string of the molecule is CCOc1ccc(NC(=O)/C(C#N)=C/c2ccc(OCC(=O)Nc3ccccc3)c(Cl)c2)cc1. The van der Waals surface area contributed by atoms with E-state index in [1.165, 1.54) is 6.08 Å². The third kappa shape index (κ3) is 7.12. The lowest BCUT2D eigenvalue weighted by molar-refractivity contribution is -0.118. The van der Waals surface area contributed by atoms with Gasteiger partial charge in [-0.3, -0.25) is 9.59 Å². The molecule has 2 N–H and O–H groups in total. The maximum atomic E-state index is 12.5. The van der Waals surface area contributed by atoms with Crippen molar-refractivity contribution in [3.63, 3.8) is 0 Å². The number of hydrogen-bond donors (Lipinski definition) is 2. The predicted octanol–water partition coefficient (Wildman–Crippen LogP) is 5.30. The second kappa shape index (κ2) is 12.1. The van der Waals surface area contributed by atoms with Crippen molar-refractivity contribution in [2.45, 2.75) is 6.92 Å². The quantitative estimate of drug-likeness (QED) is 0.323. The van der Waals surface area contributed by atoms with Gasteiger partial charge < -0.3 is 20.1 Å². The van der Waals surface area contributed by atoms with Crippen LogP contribution in [0.2, 0.25) is 5.02 Å². The molecule has 3 aromatic carbocycles. The van der Waals surface area contributed by atoms with Crippen LogP contribution in [0.25, 0.3) is 6.08 Å². The average molecular weight is 476 g/mol. The average Bonchev–Trinajstić information content (AvgIpc) is 2.84. The van der Waals surface area contributed by atoms with Crippen LogP contribution in [0, 0.1) is 11.3 Å². The minimum atomic E-state index is -0.555. The monoisotopic (exact) mass is 475 g/mol. The minimum Gasteiger partial charge on any atom is -0.494 e. The van der Waals surface area contributed by atoms with Crippen molar-refractivity contribution >= 4 is 40.9 Å². The molecular formula is C26H22ClN3O4. The van der Waals surface area contributed by atoms with Gasteiger partial charge in [0.05, 0.1) is 11.6 Å². The molecule has 3 rings (SSSR count). The van der Waals surface area contributed by atoms with E-state index < -0.39 is 5.91 Å². The molecule has 7 nitrogen and oxygen atoms in total. The Hall–Kier alpha value is -4.28. The Bertz CT molecular complexity index is 1220. The van der Waals surface area contributed by atoms with Gasteiger partial charge in [0.1, 0.15) is 23.1 Å². The number of anilines is 2. The number of nitriles is 1. The summed E-state index contributed by atoms with van der Waals surface area (Å²) in [5, 5.41) is 15.1. The summed E-state index contributed by atoms with van der Waals surface area (Å²) in [7, 11) is 0. The number of halogens is 1. The van der Waals surface area contributed by atoms with Crippen molar-refractivity contribution in [3.8, 4) is 17.6 Å². The number of hydrogen-bond acceptors (Lipinski definition) is 5. The topological polar surface area (TPSA) is 100 Å². The van der Waals surface area contributed by atoms with Gasteiger partial charge in [0.2, 0.25) is 0 Å². The summed E-state index contributed by atoms with van der Waals surface area (Å²) in [6.45, 7) is 2.20. The summed E-state index contributed by atoms with van der Waals surface area (Å²) >= 11 is 6.27. The zero-order valence-electron chi connectivity index (χ0n) is 18.4. The van der Waals surface area contributed by atoms with Crippen LogP contribution in [0.5, 0.6) is 11.5 Å². The Morgan fingerprint density at radius 2 is 1.68 bits per heavy atom. The molecular weight excluding hydrogens is 454 g/mol. The Labute approximate surface area is 202 Å². The summed E-state index contributed by atoms with van der Waals surface area (Å²) in [6.07, 6.45) is 1.42. The summed E-state index contributed by atoms with van der Waals surface area (Å²) in [6, 6.07) is 22.5. The first-order chi connectivity index (χ1) is 16.5. The summed E-state index contributed by atoms with van der Waals surface area (Å²) in [4.78, 5) is 24.6. The van der Waals surface area contributed by atoms with Gasteiger partial charge in [-0.25, -0.2) is 0 Å². The number of para-hydroxylation sites is 1. The maximum Gasteiger partial charge on any atom is 0.266 e. The van der Waals surface area contributed by atoms with E-state index in [0.29, 0.717) is 35.0 Å². The molecule has 0 fully saturated rings. The smallest absolute Gasteiger partial charge is 0.266 e. The number of carbonyl (C=O) groups is 2. The molecule has 34 heavy (non-hydrogen) atoms. The second-order valence-electron chi connectivity index (χ2n) is 6.97. The standard InChI is InChI=1S/C26H22ClN3O4/c1-2-33-22-11-9-21(10-12-22)30-26(32)19(16-28)14-18-8-13-24(23(27)15-18)34-17-25(31)29-20-6-4-3-5-7-20/h3-15H,2,17H2,1H3,(H,29,31)(H,30,32)/b19-14+. The zero-order valence-corrected chi connectivity index (χ0v) is 19.1. The number of nitrogens with zero attached hydrogens (tertiary/aromatic N) is 1. The number of nitrogens with one attached hydrogen (secondary N) is 2. The first kappa shape index (κ1) is 24.4. The minimum absolute atomic E-state index is 0.0964. The Morgan fingerprint density at radius 1 is 0.971 bits per heavy atom. The predicted molar refractivity (Wildman–Crippen MR) is 132 cm³/mol. The molecule has 0 heterocycles. The molecule has 0 aliphatic carbocycles. The molecule has 8 heteroatoms. The molecule has 0 unspecified atom stereocenters. The van der Waals surface area contributed by atoms with E-state index in [-0.39, 0.29) is 23.1 Å². The molecule has 0 radical (unpaired) electrons. The van der Waals surface area contributed by atoms with Crippen LogP contribution in [0.3, 0.4) is 0 Å². The van der Waals surface area contributed by atoms with Crippen molar-refractivity contribution in [2.75, 3.05) is 23.8 Å². The van der Waals surface area contributed by atoms with Gasteiger partial charge in [0.15, 0.2) is 6.61 Å². The molecule has 0 aromatic heterocycles. The molecule has 172 valence electrons. The van der Waals surface area contributed by atoms with Crippen LogP contribution in [-0.4, -0.2) is 25.0 Å². The van der Waals surface area contributed by atoms with E-state index in [1.54, 1.807) is 54.6 Å². The van der Waals surface area contributed by atoms with E-state index in [9.17, 15) is 14.9 Å². The van der Waals surface area contributed by atoms with Crippen molar-refractivity contribution in [3.05, 3.63) is 89.0 Å². The Balaban J connectivity index is 1.61. The Morgan fingerprint density at radius 3 is 2.32 bits per heavy atom. The highest BCUT2D eigenvalue weighted by Gasteiger charge is 2.11. The van der Waals surface area contributed by atoms with E-state index in [1.807, 2.05) is 31.2 Å². The zero-order chi connectivity index (χ0) is 24.3. The normalized spacial score (nSPS) is 10.7. The van der Waals surface area contributed by atoms with Gasteiger partial charge in [0, 0.05) is 11.4 Å². The lowest BCUT2D eigenvalue weighted by Crippen LogP contribution is -2.20. The van der Waals surface area contributed by atoms with Gasteiger partial charge in [0.25, 0.3) is 11.8 Å². The maximum absolute atomic E-state index is 12.5. The van der Waals surface area contributed by atoms with E-state index in [2.05, 4.69) is 10.6 Å². The lowest BCUT2D eigenvalue weighted by Gasteiger charge is -2.10. The fourth-order valence-electron chi connectivity index (χ4n) is 2.90. The molecule has 0 aliphatic rings. The number of benzene rings is 3. The molecule has 2 amide bonds. The first-order valence-electron chi connectivity index (χ1n) is 10.4. The van der Waals surface area contributed by atoms with Crippen molar-refractivity contribution in [1.82, 2.24) is 0 Å². The summed E-state index contributed by atoms with van der Waals surface area (Å²) < 4.78 is 10.9. The molecule has 0 saturated heterocycles. The molecule has 0 bridgehead atoms. The van der Waals surface area contributed by atoms with Crippen molar-refractivity contribution in [1.29, 1.82) is 5.26 Å². The van der Waals surface area contributed by atoms with Crippen molar-refractivity contribution < 1.29 is 19.1 Å². The lowest BCUT2D eigenvalue weighted by atomic mass is 10.1. The fraction of sp³-hybridized carbons (Fsp3) is 0.115. The molecule has 0 aliphatic heterocycles. The van der Waals surface area contributed by atoms with Crippen LogP contribution in [-0.2, 0) is 9.59 Å². The number of amides is 2. The van der Waals surface area contributed by atoms with Gasteiger partial charge in [-0.2, -0.15) is 5.26 Å². The number of carbonyl (C=O) groups excluding carboxylic acids is 2. The third-order valence-corrected chi connectivity index (χ3v) is 4.77. The highest BCUT2D eigenvalue weighted by molar-refractivity contribution is 6.32. The fourth-order valence-corrected chi connectivity index (χ4v) is 3.14. The third-order valence-electron chi connectivity index (χ3n) is 4.47. The highest BCUT2D eigenvalue weighted by Crippen LogP contribution is 2.27. The molecule has 0 spiro atoms. The van der Waals surface area contributed by atoms with Crippen LogP contribution in [0.1, 0.15) is 12.5 Å². The first-order valence-corrected chi connectivity index (χ1v) is 10.8. The van der Waals surface area contributed by atoms with Crippen LogP contribution in [0.4, 0.5) is 11.4 Å². The van der Waals surface area contributed by atoms with Crippen LogP contribution in [0.15, 0.2) is 78.4 Å².